The monoisotopic (exact) mass is 313 g/mol. The van der Waals surface area contributed by atoms with E-state index >= 15 is 0 Å². The summed E-state index contributed by atoms with van der Waals surface area (Å²) in [7, 11) is 2.90. The van der Waals surface area contributed by atoms with Crippen LogP contribution in [0.15, 0.2) is 36.7 Å². The number of nitrogens with zero attached hydrogens (tertiary/aromatic N) is 4. The van der Waals surface area contributed by atoms with Gasteiger partial charge in [-0.15, -0.1) is 4.98 Å². The molecule has 3 aromatic rings. The van der Waals surface area contributed by atoms with Crippen LogP contribution in [0.2, 0.25) is 0 Å². The molecule has 3 rings (SSSR count). The first-order valence-electron chi connectivity index (χ1n) is 6.87. The minimum Gasteiger partial charge on any atom is -0.467 e. The second-order valence-electron chi connectivity index (χ2n) is 4.67. The van der Waals surface area contributed by atoms with Crippen molar-refractivity contribution in [2.45, 2.75) is 6.54 Å². The first-order chi connectivity index (χ1) is 11.2. The third-order valence-corrected chi connectivity index (χ3v) is 3.18. The van der Waals surface area contributed by atoms with Crippen LogP contribution in [0.5, 0.6) is 12.0 Å². The first kappa shape index (κ1) is 14.8. The van der Waals surface area contributed by atoms with E-state index in [0.717, 1.165) is 5.52 Å². The Kier molecular flexibility index (Phi) is 4.05. The summed E-state index contributed by atoms with van der Waals surface area (Å²) in [5.74, 6) is 0.137. The zero-order valence-electron chi connectivity index (χ0n) is 12.7. The van der Waals surface area contributed by atoms with Gasteiger partial charge in [-0.1, -0.05) is 6.07 Å². The Hall–Kier alpha value is -3.16. The number of nitrogens with one attached hydrogen (secondary N) is 1. The zero-order valence-corrected chi connectivity index (χ0v) is 12.7. The lowest BCUT2D eigenvalue weighted by Gasteiger charge is -2.06. The SMILES string of the molecule is COc1nc(CNC(=O)c2cc3ccccn3c2)nc(OC)n1. The maximum absolute atomic E-state index is 12.2. The fourth-order valence-electron chi connectivity index (χ4n) is 2.08. The highest BCUT2D eigenvalue weighted by Crippen LogP contribution is 2.11. The third kappa shape index (κ3) is 3.20. The van der Waals surface area contributed by atoms with E-state index in [4.69, 9.17) is 9.47 Å². The van der Waals surface area contributed by atoms with E-state index in [1.54, 1.807) is 6.20 Å². The Labute approximate surface area is 132 Å². The smallest absolute Gasteiger partial charge is 0.322 e. The topological polar surface area (TPSA) is 90.6 Å². The average Bonchev–Trinajstić information content (AvgIpc) is 3.03. The summed E-state index contributed by atoms with van der Waals surface area (Å²) >= 11 is 0. The number of methoxy groups -OCH3 is 2. The fraction of sp³-hybridized carbons (Fsp3) is 0.200. The lowest BCUT2D eigenvalue weighted by atomic mass is 10.3. The molecule has 0 atom stereocenters. The number of carbonyl (C=O) groups excluding carboxylic acids is 1. The summed E-state index contributed by atoms with van der Waals surface area (Å²) in [5, 5.41) is 2.76. The Balaban J connectivity index is 1.73. The molecule has 0 aliphatic rings. The molecule has 0 aliphatic heterocycles. The number of fused-ring (bicyclic) bond motifs is 1. The molecule has 0 aromatic carbocycles. The molecule has 0 aliphatic carbocycles. The number of hydrogen-bond donors (Lipinski definition) is 1. The molecule has 8 heteroatoms. The van der Waals surface area contributed by atoms with Gasteiger partial charge in [-0.2, -0.15) is 9.97 Å². The van der Waals surface area contributed by atoms with Crippen LogP contribution in [-0.4, -0.2) is 39.5 Å². The molecule has 0 unspecified atom stereocenters. The van der Waals surface area contributed by atoms with Gasteiger partial charge in [-0.25, -0.2) is 0 Å². The molecule has 0 saturated heterocycles. The van der Waals surface area contributed by atoms with Gasteiger partial charge in [-0.3, -0.25) is 4.79 Å². The van der Waals surface area contributed by atoms with Crippen LogP contribution in [0.1, 0.15) is 16.2 Å². The molecule has 23 heavy (non-hydrogen) atoms. The molecule has 0 saturated carbocycles. The largest absolute Gasteiger partial charge is 0.467 e. The molecular formula is C15H15N5O3. The van der Waals surface area contributed by atoms with Crippen LogP contribution in [0.4, 0.5) is 0 Å². The minimum absolute atomic E-state index is 0.135. The molecule has 3 heterocycles. The highest BCUT2D eigenvalue weighted by molar-refractivity contribution is 5.95. The quantitative estimate of drug-likeness (QED) is 0.758. The Morgan fingerprint density at radius 3 is 2.57 bits per heavy atom. The standard InChI is InChI=1S/C15H15N5O3/c1-22-14-17-12(18-15(19-14)23-2)8-16-13(21)10-7-11-5-3-4-6-20(11)9-10/h3-7,9H,8H2,1-2H3,(H,16,21). The van der Waals surface area contributed by atoms with Gasteiger partial charge in [0.2, 0.25) is 0 Å². The van der Waals surface area contributed by atoms with Crippen molar-refractivity contribution in [3.63, 3.8) is 0 Å². The first-order valence-corrected chi connectivity index (χ1v) is 6.87. The van der Waals surface area contributed by atoms with Crippen LogP contribution in [0.25, 0.3) is 5.52 Å². The van der Waals surface area contributed by atoms with Crippen molar-refractivity contribution in [1.29, 1.82) is 0 Å². The molecule has 3 aromatic heterocycles. The number of hydrogen-bond acceptors (Lipinski definition) is 6. The second kappa shape index (κ2) is 6.30. The number of aromatic nitrogens is 4. The van der Waals surface area contributed by atoms with Crippen molar-refractivity contribution in [2.75, 3.05) is 14.2 Å². The van der Waals surface area contributed by atoms with Gasteiger partial charge >= 0.3 is 12.0 Å². The summed E-state index contributed by atoms with van der Waals surface area (Å²) in [6.45, 7) is 0.139. The van der Waals surface area contributed by atoms with Crippen molar-refractivity contribution in [3.8, 4) is 12.0 Å². The number of amides is 1. The number of carbonyl (C=O) groups is 1. The highest BCUT2D eigenvalue weighted by atomic mass is 16.5. The maximum atomic E-state index is 12.2. The molecule has 1 N–H and O–H groups in total. The van der Waals surface area contributed by atoms with Crippen LogP contribution < -0.4 is 14.8 Å². The minimum atomic E-state index is -0.216. The molecular weight excluding hydrogens is 298 g/mol. The number of pyridine rings is 1. The van der Waals surface area contributed by atoms with Crippen molar-refractivity contribution >= 4 is 11.4 Å². The normalized spacial score (nSPS) is 10.5. The van der Waals surface area contributed by atoms with E-state index in [0.29, 0.717) is 11.4 Å². The van der Waals surface area contributed by atoms with Crippen molar-refractivity contribution in [1.82, 2.24) is 24.7 Å². The average molecular weight is 313 g/mol. The van der Waals surface area contributed by atoms with Crippen LogP contribution in [0, 0.1) is 0 Å². The van der Waals surface area contributed by atoms with E-state index in [2.05, 4.69) is 20.3 Å². The van der Waals surface area contributed by atoms with Gasteiger partial charge in [0.15, 0.2) is 5.82 Å². The van der Waals surface area contributed by atoms with E-state index in [1.165, 1.54) is 14.2 Å². The maximum Gasteiger partial charge on any atom is 0.322 e. The van der Waals surface area contributed by atoms with Crippen molar-refractivity contribution < 1.29 is 14.3 Å². The van der Waals surface area contributed by atoms with Crippen molar-refractivity contribution in [2.24, 2.45) is 0 Å². The van der Waals surface area contributed by atoms with E-state index < -0.39 is 0 Å². The second-order valence-corrected chi connectivity index (χ2v) is 4.67. The van der Waals surface area contributed by atoms with Gasteiger partial charge in [0.1, 0.15) is 0 Å². The predicted molar refractivity (Wildman–Crippen MR) is 81.5 cm³/mol. The molecule has 0 fully saturated rings. The molecule has 0 bridgehead atoms. The van der Waals surface area contributed by atoms with Gasteiger partial charge < -0.3 is 19.2 Å². The van der Waals surface area contributed by atoms with Crippen molar-refractivity contribution in [3.05, 3.63) is 48.0 Å². The van der Waals surface area contributed by atoms with Crippen LogP contribution in [0.3, 0.4) is 0 Å². The van der Waals surface area contributed by atoms with Crippen LogP contribution in [-0.2, 0) is 6.54 Å². The third-order valence-electron chi connectivity index (χ3n) is 3.18. The molecule has 0 spiro atoms. The molecule has 118 valence electrons. The van der Waals surface area contributed by atoms with E-state index in [1.807, 2.05) is 34.9 Å². The summed E-state index contributed by atoms with van der Waals surface area (Å²) in [4.78, 5) is 24.3. The fourth-order valence-corrected chi connectivity index (χ4v) is 2.08. The molecule has 1 amide bonds. The van der Waals surface area contributed by atoms with Gasteiger partial charge in [0, 0.05) is 17.9 Å². The van der Waals surface area contributed by atoms with E-state index in [9.17, 15) is 4.79 Å². The Bertz CT molecular complexity index is 791. The zero-order chi connectivity index (χ0) is 16.2. The predicted octanol–water partition coefficient (Wildman–Crippen LogP) is 1.07. The summed E-state index contributed by atoms with van der Waals surface area (Å²) in [6, 6.07) is 7.83. The van der Waals surface area contributed by atoms with Gasteiger partial charge in [0.05, 0.1) is 26.3 Å². The summed E-state index contributed by atoms with van der Waals surface area (Å²) < 4.78 is 11.8. The molecule has 0 radical (unpaired) electrons. The Morgan fingerprint density at radius 2 is 1.91 bits per heavy atom. The summed E-state index contributed by atoms with van der Waals surface area (Å²) in [5.41, 5.74) is 1.50. The van der Waals surface area contributed by atoms with Gasteiger partial charge in [0.25, 0.3) is 5.91 Å². The number of ether oxygens (including phenoxy) is 2. The lowest BCUT2D eigenvalue weighted by Crippen LogP contribution is -2.24. The van der Waals surface area contributed by atoms with Crippen LogP contribution >= 0.6 is 0 Å². The lowest BCUT2D eigenvalue weighted by molar-refractivity contribution is 0.0949. The molecule has 8 nitrogen and oxygen atoms in total. The Morgan fingerprint density at radius 1 is 1.17 bits per heavy atom. The van der Waals surface area contributed by atoms with E-state index in [-0.39, 0.29) is 24.5 Å². The van der Waals surface area contributed by atoms with Gasteiger partial charge in [-0.05, 0) is 18.2 Å². The summed E-state index contributed by atoms with van der Waals surface area (Å²) in [6.07, 6.45) is 3.65. The highest BCUT2D eigenvalue weighted by Gasteiger charge is 2.11. The number of rotatable bonds is 5.